The van der Waals surface area contributed by atoms with Gasteiger partial charge in [-0.15, -0.1) is 23.2 Å². The van der Waals surface area contributed by atoms with E-state index in [1.807, 2.05) is 0 Å². The maximum Gasteiger partial charge on any atom is 0.326 e. The van der Waals surface area contributed by atoms with Crippen molar-refractivity contribution in [2.24, 2.45) is 0 Å². The third-order valence-electron chi connectivity index (χ3n) is 7.04. The molecule has 7 amide bonds. The molecule has 0 heterocycles. The molecule has 8 N–H and O–H groups in total. The number of carbonyl (C=O) groups excluding carboxylic acids is 7. The molecule has 0 aliphatic heterocycles. The highest BCUT2D eigenvalue weighted by molar-refractivity contribution is 9.09. The SMILES string of the molecule is O=C(O)CCC(NC(=O)COCCOCCNC(=O)CBr)C(=O)N[C@@H](CCC(=O)NCCOCCOCC(=O)N(CCNC(=O)CCl)CCNC(=O)CCl)C(=O)O. The van der Waals surface area contributed by atoms with Gasteiger partial charge in [0.05, 0.1) is 45.0 Å². The van der Waals surface area contributed by atoms with Gasteiger partial charge in [-0.25, -0.2) is 4.79 Å². The molecule has 0 fully saturated rings. The van der Waals surface area contributed by atoms with Gasteiger partial charge in [-0.1, -0.05) is 15.9 Å². The van der Waals surface area contributed by atoms with Gasteiger partial charge in [0, 0.05) is 52.1 Å². The van der Waals surface area contributed by atoms with Gasteiger partial charge in [-0.2, -0.15) is 0 Å². The van der Waals surface area contributed by atoms with Crippen molar-refractivity contribution in [3.63, 3.8) is 0 Å². The van der Waals surface area contributed by atoms with E-state index in [4.69, 9.17) is 47.3 Å². The summed E-state index contributed by atoms with van der Waals surface area (Å²) in [7, 11) is 0. The summed E-state index contributed by atoms with van der Waals surface area (Å²) in [6.07, 6.45) is -1.50. The second-order valence-corrected chi connectivity index (χ2v) is 12.6. The number of carbonyl (C=O) groups is 9. The first-order valence-electron chi connectivity index (χ1n) is 17.6. The Morgan fingerprint density at radius 3 is 1.56 bits per heavy atom. The fourth-order valence-corrected chi connectivity index (χ4v) is 4.60. The Hall–Kier alpha value is -3.87. The number of nitrogens with one attached hydrogen (secondary N) is 6. The molecule has 0 aliphatic carbocycles. The molecule has 1 unspecified atom stereocenters. The van der Waals surface area contributed by atoms with Crippen molar-refractivity contribution in [2.45, 2.75) is 37.8 Å². The van der Waals surface area contributed by atoms with E-state index >= 15 is 0 Å². The second-order valence-electron chi connectivity index (χ2n) is 11.5. The topological polar surface area (TPSA) is 306 Å². The van der Waals surface area contributed by atoms with Gasteiger partial charge in [-0.3, -0.25) is 38.4 Å². The van der Waals surface area contributed by atoms with Gasteiger partial charge < -0.3 is 66.0 Å². The minimum absolute atomic E-state index is 0.00102. The predicted octanol–water partition coefficient (Wildman–Crippen LogP) is -3.08. The van der Waals surface area contributed by atoms with Gasteiger partial charge in [0.15, 0.2) is 0 Å². The summed E-state index contributed by atoms with van der Waals surface area (Å²) in [5.74, 6) is -6.91. The smallest absolute Gasteiger partial charge is 0.326 e. The van der Waals surface area contributed by atoms with Crippen LogP contribution < -0.4 is 31.9 Å². The van der Waals surface area contributed by atoms with Crippen LogP contribution in [0.3, 0.4) is 0 Å². The summed E-state index contributed by atoms with van der Waals surface area (Å²) in [4.78, 5) is 108. The molecule has 0 aliphatic rings. The fourth-order valence-electron chi connectivity index (χ4n) is 4.21. The molecular formula is C32H52BrCl2N7O15. The number of carboxylic acid groups (broad SMARTS) is 2. The summed E-state index contributed by atoms with van der Waals surface area (Å²) in [6, 6.07) is -2.95. The monoisotopic (exact) mass is 923 g/mol. The normalized spacial score (nSPS) is 11.7. The third kappa shape index (κ3) is 30.0. The lowest BCUT2D eigenvalue weighted by Gasteiger charge is -2.23. The van der Waals surface area contributed by atoms with E-state index in [-0.39, 0.29) is 128 Å². The highest BCUT2D eigenvalue weighted by atomic mass is 79.9. The third-order valence-corrected chi connectivity index (χ3v) is 8.03. The number of hydrogen-bond donors (Lipinski definition) is 8. The molecule has 0 saturated heterocycles. The average molecular weight is 926 g/mol. The predicted molar refractivity (Wildman–Crippen MR) is 205 cm³/mol. The quantitative estimate of drug-likeness (QED) is 0.0231. The number of nitrogens with zero attached hydrogens (tertiary/aromatic N) is 1. The van der Waals surface area contributed by atoms with Crippen LogP contribution in [0.1, 0.15) is 25.7 Å². The Balaban J connectivity index is 4.58. The molecule has 0 radical (unpaired) electrons. The maximum absolute atomic E-state index is 12.9. The van der Waals surface area contributed by atoms with Crippen molar-refractivity contribution >= 4 is 92.4 Å². The van der Waals surface area contributed by atoms with Gasteiger partial charge in [0.2, 0.25) is 41.4 Å². The van der Waals surface area contributed by atoms with E-state index in [0.717, 1.165) is 0 Å². The Morgan fingerprint density at radius 1 is 0.561 bits per heavy atom. The highest BCUT2D eigenvalue weighted by Crippen LogP contribution is 2.04. The molecule has 57 heavy (non-hydrogen) atoms. The summed E-state index contributed by atoms with van der Waals surface area (Å²) < 4.78 is 21.1. The zero-order chi connectivity index (χ0) is 42.8. The van der Waals surface area contributed by atoms with Crippen molar-refractivity contribution in [3.8, 4) is 0 Å². The lowest BCUT2D eigenvalue weighted by molar-refractivity contribution is -0.143. The van der Waals surface area contributed by atoms with Crippen molar-refractivity contribution in [2.75, 3.05) is 109 Å². The van der Waals surface area contributed by atoms with Gasteiger partial charge in [0.25, 0.3) is 0 Å². The van der Waals surface area contributed by atoms with Crippen LogP contribution in [0.15, 0.2) is 0 Å². The number of ether oxygens (including phenoxy) is 4. The van der Waals surface area contributed by atoms with Crippen LogP contribution in [-0.2, 0) is 62.1 Å². The van der Waals surface area contributed by atoms with Crippen LogP contribution in [0.2, 0.25) is 0 Å². The molecule has 0 rings (SSSR count). The molecule has 0 aromatic heterocycles. The molecular weight excluding hydrogens is 873 g/mol. The minimum atomic E-state index is -1.54. The number of alkyl halides is 3. The van der Waals surface area contributed by atoms with E-state index < -0.39 is 72.5 Å². The molecule has 0 aromatic rings. The lowest BCUT2D eigenvalue weighted by atomic mass is 10.1. The molecule has 2 atom stereocenters. The molecule has 22 nitrogen and oxygen atoms in total. The lowest BCUT2D eigenvalue weighted by Crippen LogP contribution is -2.52. The standard InChI is InChI=1S/C32H52BrCl2N7O15/c33-17-25(44)39-8-12-55-13-15-56-20-28(47)40-22(2-4-30(49)50)31(51)41-23(32(52)53)1-3-24(43)38-7-11-54-14-16-57-21-29(48)42(9-5-36-26(45)18-34)10-6-37-27(46)19-35/h22-23H,1-21H2,(H,36,45)(H,37,46)(H,38,43)(H,39,44)(H,40,47)(H,41,51)(H,49,50)(H,52,53)/t22?,23-/m0/s1. The van der Waals surface area contributed by atoms with Crippen molar-refractivity contribution in [1.29, 1.82) is 0 Å². The van der Waals surface area contributed by atoms with E-state index in [1.165, 1.54) is 4.90 Å². The van der Waals surface area contributed by atoms with Crippen LogP contribution in [0.4, 0.5) is 0 Å². The second kappa shape index (κ2) is 34.2. The van der Waals surface area contributed by atoms with E-state index in [2.05, 4.69) is 47.8 Å². The minimum Gasteiger partial charge on any atom is -0.481 e. The zero-order valence-corrected chi connectivity index (χ0v) is 34.4. The van der Waals surface area contributed by atoms with Crippen LogP contribution in [0.25, 0.3) is 0 Å². The van der Waals surface area contributed by atoms with Gasteiger partial charge >= 0.3 is 11.9 Å². The molecule has 0 bridgehead atoms. The summed E-state index contributed by atoms with van der Waals surface area (Å²) in [5.41, 5.74) is 0. The number of rotatable bonds is 35. The molecule has 0 spiro atoms. The maximum atomic E-state index is 12.9. The van der Waals surface area contributed by atoms with Crippen LogP contribution in [-0.4, -0.2) is 190 Å². The number of aliphatic carboxylic acids is 2. The molecule has 0 saturated carbocycles. The van der Waals surface area contributed by atoms with Crippen LogP contribution >= 0.6 is 39.1 Å². The average Bonchev–Trinajstić information content (AvgIpc) is 3.18. The van der Waals surface area contributed by atoms with Gasteiger partial charge in [0.1, 0.15) is 37.1 Å². The Kier molecular flexibility index (Phi) is 31.9. The number of halogens is 3. The van der Waals surface area contributed by atoms with Crippen molar-refractivity contribution in [1.82, 2.24) is 36.8 Å². The first kappa shape index (κ1) is 53.1. The van der Waals surface area contributed by atoms with Crippen molar-refractivity contribution < 1.29 is 72.3 Å². The number of hydrogen-bond acceptors (Lipinski definition) is 13. The molecule has 326 valence electrons. The molecule has 0 aromatic carbocycles. The van der Waals surface area contributed by atoms with E-state index in [1.54, 1.807) is 0 Å². The van der Waals surface area contributed by atoms with E-state index in [9.17, 15) is 48.3 Å². The number of amides is 7. The zero-order valence-electron chi connectivity index (χ0n) is 31.3. The van der Waals surface area contributed by atoms with E-state index in [0.29, 0.717) is 0 Å². The largest absolute Gasteiger partial charge is 0.481 e. The fraction of sp³-hybridized carbons (Fsp3) is 0.719. The molecule has 25 heteroatoms. The van der Waals surface area contributed by atoms with Crippen molar-refractivity contribution in [3.05, 3.63) is 0 Å². The summed E-state index contributed by atoms with van der Waals surface area (Å²) >= 11 is 13.9. The Labute approximate surface area is 347 Å². The first-order valence-corrected chi connectivity index (χ1v) is 19.8. The first-order chi connectivity index (χ1) is 27.2. The van der Waals surface area contributed by atoms with Crippen LogP contribution in [0, 0.1) is 0 Å². The summed E-state index contributed by atoms with van der Waals surface area (Å²) in [6.45, 7) is 0.497. The Bertz CT molecular complexity index is 1270. The summed E-state index contributed by atoms with van der Waals surface area (Å²) in [5, 5.41) is 33.6. The highest BCUT2D eigenvalue weighted by Gasteiger charge is 2.27. The van der Waals surface area contributed by atoms with Crippen LogP contribution in [0.5, 0.6) is 0 Å². The Morgan fingerprint density at radius 2 is 1.05 bits per heavy atom. The van der Waals surface area contributed by atoms with Gasteiger partial charge in [-0.05, 0) is 12.8 Å². The number of carboxylic acids is 2.